The molecule has 2 N–H and O–H groups in total. The van der Waals surface area contributed by atoms with Gasteiger partial charge in [0.15, 0.2) is 0 Å². The molecular formula is C27H38N6O4. The Kier molecular flexibility index (Phi) is 7.65. The van der Waals surface area contributed by atoms with Gasteiger partial charge in [-0.25, -0.2) is 4.98 Å². The molecular weight excluding hydrogens is 472 g/mol. The number of aromatic hydroxyl groups is 1. The molecule has 1 aliphatic heterocycles. The second kappa shape index (κ2) is 10.7. The smallest absolute Gasteiger partial charge is 0.228 e. The van der Waals surface area contributed by atoms with Gasteiger partial charge >= 0.3 is 0 Å². The third-order valence-electron chi connectivity index (χ3n) is 6.62. The maximum Gasteiger partial charge on any atom is 0.228 e. The Morgan fingerprint density at radius 2 is 1.78 bits per heavy atom. The van der Waals surface area contributed by atoms with Gasteiger partial charge in [-0.3, -0.25) is 4.79 Å². The predicted molar refractivity (Wildman–Crippen MR) is 145 cm³/mol. The molecule has 37 heavy (non-hydrogen) atoms. The second-order valence-electron chi connectivity index (χ2n) is 10.0. The molecule has 4 rings (SSSR count). The van der Waals surface area contributed by atoms with Crippen LogP contribution in [0.25, 0.3) is 10.9 Å². The number of rotatable bonds is 8. The van der Waals surface area contributed by atoms with Crippen molar-refractivity contribution in [3.63, 3.8) is 0 Å². The van der Waals surface area contributed by atoms with E-state index in [4.69, 9.17) is 19.4 Å². The van der Waals surface area contributed by atoms with Gasteiger partial charge in [-0.05, 0) is 46.8 Å². The van der Waals surface area contributed by atoms with Gasteiger partial charge in [0.2, 0.25) is 17.7 Å². The summed E-state index contributed by atoms with van der Waals surface area (Å²) in [5, 5.41) is 15.3. The summed E-state index contributed by atoms with van der Waals surface area (Å²) < 4.78 is 13.3. The van der Waals surface area contributed by atoms with Gasteiger partial charge in [0.1, 0.15) is 22.8 Å². The van der Waals surface area contributed by atoms with Crippen LogP contribution >= 0.6 is 0 Å². The zero-order valence-electron chi connectivity index (χ0n) is 22.8. The van der Waals surface area contributed by atoms with Gasteiger partial charge in [-0.15, -0.1) is 0 Å². The summed E-state index contributed by atoms with van der Waals surface area (Å²) in [6, 6.07) is 5.71. The normalized spacial score (nSPS) is 14.9. The number of nitrogens with zero attached hydrogens (tertiary/aromatic N) is 5. The zero-order chi connectivity index (χ0) is 26.9. The average Bonchev–Trinajstić information content (AvgIpc) is 3.20. The zero-order valence-corrected chi connectivity index (χ0v) is 22.8. The maximum absolute atomic E-state index is 11.8. The molecule has 1 aromatic carbocycles. The third-order valence-corrected chi connectivity index (χ3v) is 6.62. The highest BCUT2D eigenvalue weighted by Gasteiger charge is 2.25. The number of ether oxygens (including phenoxy) is 2. The molecule has 1 saturated heterocycles. The molecule has 0 aliphatic carbocycles. The molecule has 0 saturated carbocycles. The number of benzene rings is 1. The molecule has 10 nitrogen and oxygen atoms in total. The number of carbonyl (C=O) groups excluding carboxylic acids is 1. The van der Waals surface area contributed by atoms with Crippen LogP contribution in [0.3, 0.4) is 0 Å². The van der Waals surface area contributed by atoms with E-state index in [2.05, 4.69) is 10.2 Å². The monoisotopic (exact) mass is 510 g/mol. The number of piperazine rings is 1. The van der Waals surface area contributed by atoms with E-state index in [0.29, 0.717) is 49.2 Å². The molecule has 3 heterocycles. The molecule has 10 heteroatoms. The summed E-state index contributed by atoms with van der Waals surface area (Å²) in [4.78, 5) is 25.3. The van der Waals surface area contributed by atoms with Crippen LogP contribution in [0, 0.1) is 0 Å². The van der Waals surface area contributed by atoms with Crippen molar-refractivity contribution in [2.24, 2.45) is 0 Å². The van der Waals surface area contributed by atoms with Gasteiger partial charge in [0, 0.05) is 57.0 Å². The lowest BCUT2D eigenvalue weighted by molar-refractivity contribution is -0.129. The van der Waals surface area contributed by atoms with Crippen molar-refractivity contribution < 1.29 is 19.4 Å². The second-order valence-corrected chi connectivity index (χ2v) is 10.0. The molecule has 1 amide bonds. The molecule has 0 spiro atoms. The molecule has 2 aromatic heterocycles. The SMILES string of the molecule is COc1cc(OC(C)C)ccc1[C@@H](C)Nc1nc(N2CCN(C(C)=O)CC2)nc2c(O)n(C(C)C)cc12. The number of anilines is 2. The van der Waals surface area contributed by atoms with E-state index in [1.165, 1.54) is 0 Å². The van der Waals surface area contributed by atoms with Crippen LogP contribution in [0.5, 0.6) is 17.4 Å². The summed E-state index contributed by atoms with van der Waals surface area (Å²) in [5.74, 6) is 2.79. The topological polar surface area (TPSA) is 105 Å². The minimum atomic E-state index is -0.159. The van der Waals surface area contributed by atoms with E-state index in [0.717, 1.165) is 16.7 Å². The number of amides is 1. The first-order valence-electron chi connectivity index (χ1n) is 12.8. The van der Waals surface area contributed by atoms with E-state index in [-0.39, 0.29) is 30.0 Å². The van der Waals surface area contributed by atoms with Crippen LogP contribution < -0.4 is 19.7 Å². The summed E-state index contributed by atoms with van der Waals surface area (Å²) in [6.45, 7) is 14.1. The number of carbonyl (C=O) groups is 1. The molecule has 3 aromatic rings. The third kappa shape index (κ3) is 5.52. The van der Waals surface area contributed by atoms with Crippen LogP contribution in [-0.2, 0) is 4.79 Å². The fourth-order valence-electron chi connectivity index (χ4n) is 4.62. The Morgan fingerprint density at radius 1 is 1.08 bits per heavy atom. The van der Waals surface area contributed by atoms with Gasteiger partial charge in [0.25, 0.3) is 0 Å². The highest BCUT2D eigenvalue weighted by molar-refractivity contribution is 5.94. The molecule has 0 bridgehead atoms. The Labute approximate surface area is 218 Å². The van der Waals surface area contributed by atoms with E-state index in [1.807, 2.05) is 63.9 Å². The highest BCUT2D eigenvalue weighted by Crippen LogP contribution is 2.37. The minimum absolute atomic E-state index is 0.0515. The largest absolute Gasteiger partial charge is 0.496 e. The molecule has 1 atom stereocenters. The predicted octanol–water partition coefficient (Wildman–Crippen LogP) is 4.36. The molecule has 1 aliphatic rings. The Bertz CT molecular complexity index is 1260. The van der Waals surface area contributed by atoms with E-state index in [1.54, 1.807) is 18.6 Å². The summed E-state index contributed by atoms with van der Waals surface area (Å²) in [6.07, 6.45) is 1.95. The van der Waals surface area contributed by atoms with E-state index >= 15 is 0 Å². The number of nitrogens with one attached hydrogen (secondary N) is 1. The summed E-state index contributed by atoms with van der Waals surface area (Å²) in [5.41, 5.74) is 1.45. The molecule has 200 valence electrons. The van der Waals surface area contributed by atoms with Gasteiger partial charge in [-0.2, -0.15) is 4.98 Å². The first-order valence-corrected chi connectivity index (χ1v) is 12.8. The van der Waals surface area contributed by atoms with Crippen LogP contribution in [0.2, 0.25) is 0 Å². The standard InChI is InChI=1S/C27H38N6O4/c1-16(2)33-15-22-24(26(33)35)29-27(32-12-10-31(11-13-32)19(6)34)30-25(22)28-18(5)21-9-8-20(37-17(3)4)14-23(21)36-7/h8-9,14-18,35H,10-13H2,1-7H3,(H,28,29,30)/t18-/m1/s1. The highest BCUT2D eigenvalue weighted by atomic mass is 16.5. The lowest BCUT2D eigenvalue weighted by Gasteiger charge is -2.34. The van der Waals surface area contributed by atoms with Gasteiger partial charge in [0.05, 0.1) is 24.6 Å². The summed E-state index contributed by atoms with van der Waals surface area (Å²) >= 11 is 0. The number of methoxy groups -OCH3 is 1. The fourth-order valence-corrected chi connectivity index (χ4v) is 4.62. The fraction of sp³-hybridized carbons (Fsp3) is 0.519. The first kappa shape index (κ1) is 26.4. The quantitative estimate of drug-likeness (QED) is 0.461. The van der Waals surface area contributed by atoms with Crippen molar-refractivity contribution in [2.75, 3.05) is 43.5 Å². The molecule has 1 fully saturated rings. The van der Waals surface area contributed by atoms with Crippen LogP contribution in [0.15, 0.2) is 24.4 Å². The van der Waals surface area contributed by atoms with Crippen molar-refractivity contribution in [3.05, 3.63) is 30.0 Å². The maximum atomic E-state index is 11.8. The Hall–Kier alpha value is -3.69. The molecule has 0 radical (unpaired) electrons. The van der Waals surface area contributed by atoms with Crippen molar-refractivity contribution in [1.82, 2.24) is 19.4 Å². The summed E-state index contributed by atoms with van der Waals surface area (Å²) in [7, 11) is 1.65. The number of fused-ring (bicyclic) bond motifs is 1. The average molecular weight is 511 g/mol. The lowest BCUT2D eigenvalue weighted by atomic mass is 10.1. The lowest BCUT2D eigenvalue weighted by Crippen LogP contribution is -2.48. The number of hydrogen-bond acceptors (Lipinski definition) is 8. The molecule has 0 unspecified atom stereocenters. The first-order chi connectivity index (χ1) is 17.6. The Morgan fingerprint density at radius 3 is 2.38 bits per heavy atom. The number of hydrogen-bond donors (Lipinski definition) is 2. The van der Waals surface area contributed by atoms with Gasteiger partial charge in [-0.1, -0.05) is 0 Å². The van der Waals surface area contributed by atoms with Crippen molar-refractivity contribution in [2.45, 2.75) is 59.7 Å². The Balaban J connectivity index is 1.70. The van der Waals surface area contributed by atoms with Gasteiger partial charge < -0.3 is 34.3 Å². The van der Waals surface area contributed by atoms with Crippen LogP contribution in [0.1, 0.15) is 59.2 Å². The van der Waals surface area contributed by atoms with Crippen molar-refractivity contribution in [1.29, 1.82) is 0 Å². The number of aromatic nitrogens is 3. The van der Waals surface area contributed by atoms with Crippen LogP contribution in [0.4, 0.5) is 11.8 Å². The minimum Gasteiger partial charge on any atom is -0.496 e. The van der Waals surface area contributed by atoms with Crippen molar-refractivity contribution in [3.8, 4) is 17.4 Å². The van der Waals surface area contributed by atoms with Crippen molar-refractivity contribution >= 4 is 28.6 Å². The van der Waals surface area contributed by atoms with Crippen LogP contribution in [-0.4, -0.2) is 69.8 Å². The van der Waals surface area contributed by atoms with E-state index < -0.39 is 0 Å². The van der Waals surface area contributed by atoms with E-state index in [9.17, 15) is 9.90 Å².